The van der Waals surface area contributed by atoms with E-state index in [1.165, 1.54) is 0 Å². The van der Waals surface area contributed by atoms with Gasteiger partial charge in [-0.1, -0.05) is 0 Å². The standard InChI is InChI=1S/C18H27NO14/c1-7(21)16(26)30-6-11(31-8(2)22)14(32-9(3)23)15-13(19-12(25)5-20)10(24)4-18(29,33-15)17(27)28/h7,10-11,13-15,20-21,24,29H,4-6H2,1-3H3,(H,19,25)(H,27,28)/t7?,10-,11+,13+,14+,15+,18?/m0/s1. The summed E-state index contributed by atoms with van der Waals surface area (Å²) in [7, 11) is 0. The highest BCUT2D eigenvalue weighted by Gasteiger charge is 2.56. The first-order chi connectivity index (χ1) is 15.2. The highest BCUT2D eigenvalue weighted by Crippen LogP contribution is 2.32. The molecule has 0 radical (unpaired) electrons. The van der Waals surface area contributed by atoms with Crippen molar-refractivity contribution in [3.8, 4) is 0 Å². The number of carbonyl (C=O) groups excluding carboxylic acids is 4. The van der Waals surface area contributed by atoms with Crippen LogP contribution in [0.15, 0.2) is 0 Å². The van der Waals surface area contributed by atoms with Crippen molar-refractivity contribution in [1.29, 1.82) is 0 Å². The Morgan fingerprint density at radius 3 is 2.18 bits per heavy atom. The number of aliphatic hydroxyl groups is 4. The fourth-order valence-electron chi connectivity index (χ4n) is 3.04. The Morgan fingerprint density at radius 2 is 1.73 bits per heavy atom. The van der Waals surface area contributed by atoms with Crippen LogP contribution in [0.3, 0.4) is 0 Å². The van der Waals surface area contributed by atoms with Crippen LogP contribution < -0.4 is 5.32 Å². The van der Waals surface area contributed by atoms with Crippen molar-refractivity contribution in [3.05, 3.63) is 0 Å². The molecule has 1 saturated heterocycles. The molecular weight excluding hydrogens is 454 g/mol. The van der Waals surface area contributed by atoms with E-state index in [9.17, 15) is 44.4 Å². The van der Waals surface area contributed by atoms with E-state index in [1.54, 1.807) is 0 Å². The van der Waals surface area contributed by atoms with Gasteiger partial charge in [0.15, 0.2) is 12.2 Å². The average Bonchev–Trinajstić information content (AvgIpc) is 2.70. The zero-order valence-electron chi connectivity index (χ0n) is 18.0. The number of aliphatic hydroxyl groups excluding tert-OH is 3. The number of nitrogens with one attached hydrogen (secondary N) is 1. The molecule has 33 heavy (non-hydrogen) atoms. The minimum atomic E-state index is -3.01. The number of aliphatic carboxylic acids is 1. The fraction of sp³-hybridized carbons (Fsp3) is 0.722. The summed E-state index contributed by atoms with van der Waals surface area (Å²) in [6.45, 7) is 1.08. The van der Waals surface area contributed by atoms with Gasteiger partial charge in [-0.3, -0.25) is 14.4 Å². The Morgan fingerprint density at radius 1 is 1.15 bits per heavy atom. The first-order valence-corrected chi connectivity index (χ1v) is 9.62. The van der Waals surface area contributed by atoms with Crippen LogP contribution in [0.4, 0.5) is 0 Å². The molecule has 0 aromatic heterocycles. The summed E-state index contributed by atoms with van der Waals surface area (Å²) < 4.78 is 20.1. The van der Waals surface area contributed by atoms with Crippen LogP contribution in [-0.2, 0) is 42.9 Å². The molecule has 6 N–H and O–H groups in total. The number of ether oxygens (including phenoxy) is 4. The summed E-state index contributed by atoms with van der Waals surface area (Å²) in [4.78, 5) is 58.3. The lowest BCUT2D eigenvalue weighted by Gasteiger charge is -2.45. The third kappa shape index (κ3) is 7.90. The normalized spacial score (nSPS) is 27.4. The molecule has 2 unspecified atom stereocenters. The number of carbonyl (C=O) groups is 5. The van der Waals surface area contributed by atoms with Crippen LogP contribution in [-0.4, -0.2) is 111 Å². The molecule has 1 fully saturated rings. The Balaban J connectivity index is 3.46. The van der Waals surface area contributed by atoms with E-state index in [2.05, 4.69) is 5.32 Å². The number of hydrogen-bond donors (Lipinski definition) is 6. The van der Waals surface area contributed by atoms with Crippen molar-refractivity contribution < 1.29 is 68.5 Å². The molecule has 1 aliphatic rings. The van der Waals surface area contributed by atoms with Crippen LogP contribution >= 0.6 is 0 Å². The molecular formula is C18H27NO14. The highest BCUT2D eigenvalue weighted by atomic mass is 16.7. The molecule has 1 heterocycles. The molecule has 1 amide bonds. The van der Waals surface area contributed by atoms with Gasteiger partial charge in [-0.2, -0.15) is 0 Å². The van der Waals surface area contributed by atoms with Gasteiger partial charge in [-0.05, 0) is 6.92 Å². The number of hydrogen-bond acceptors (Lipinski definition) is 13. The molecule has 0 aromatic carbocycles. The summed E-state index contributed by atoms with van der Waals surface area (Å²) in [6.07, 6.45) is -9.75. The second-order valence-electron chi connectivity index (χ2n) is 7.22. The first-order valence-electron chi connectivity index (χ1n) is 9.62. The summed E-state index contributed by atoms with van der Waals surface area (Å²) in [5, 5.41) is 50.5. The van der Waals surface area contributed by atoms with Crippen molar-refractivity contribution >= 4 is 29.8 Å². The van der Waals surface area contributed by atoms with E-state index < -0.39 is 91.8 Å². The van der Waals surface area contributed by atoms with Gasteiger partial charge in [-0.25, -0.2) is 9.59 Å². The summed E-state index contributed by atoms with van der Waals surface area (Å²) >= 11 is 0. The Labute approximate surface area is 187 Å². The minimum absolute atomic E-state index is 0.830. The number of esters is 3. The second-order valence-corrected chi connectivity index (χ2v) is 7.22. The molecule has 0 bridgehead atoms. The quantitative estimate of drug-likeness (QED) is 0.130. The molecule has 15 nitrogen and oxygen atoms in total. The third-order valence-electron chi connectivity index (χ3n) is 4.43. The molecule has 7 atom stereocenters. The third-order valence-corrected chi connectivity index (χ3v) is 4.43. The summed E-state index contributed by atoms with van der Waals surface area (Å²) in [6, 6.07) is -1.58. The lowest BCUT2D eigenvalue weighted by atomic mass is 9.88. The molecule has 0 saturated carbocycles. The number of rotatable bonds is 10. The smallest absolute Gasteiger partial charge is 0.364 e. The highest BCUT2D eigenvalue weighted by molar-refractivity contribution is 5.78. The van der Waals surface area contributed by atoms with Gasteiger partial charge in [0.1, 0.15) is 25.4 Å². The Kier molecular flexibility index (Phi) is 10.1. The largest absolute Gasteiger partial charge is 0.477 e. The number of amides is 1. The number of carboxylic acids is 1. The predicted molar refractivity (Wildman–Crippen MR) is 101 cm³/mol. The van der Waals surface area contributed by atoms with Gasteiger partial charge in [0.2, 0.25) is 5.91 Å². The van der Waals surface area contributed by atoms with E-state index in [0.717, 1.165) is 20.8 Å². The maximum atomic E-state index is 11.8. The first kappa shape index (κ1) is 28.2. The van der Waals surface area contributed by atoms with Crippen LogP contribution in [0.1, 0.15) is 27.2 Å². The molecule has 188 valence electrons. The van der Waals surface area contributed by atoms with E-state index in [1.807, 2.05) is 0 Å². The molecule has 1 rings (SSSR count). The van der Waals surface area contributed by atoms with E-state index in [-0.39, 0.29) is 0 Å². The molecule has 0 aliphatic carbocycles. The SMILES string of the molecule is CC(=O)O[C@@H]([C@@H]1OC(O)(C(=O)O)C[C@H](O)[C@H]1NC(=O)CO)[C@@H](COC(=O)C(C)O)OC(C)=O. The van der Waals surface area contributed by atoms with Crippen LogP contribution in [0, 0.1) is 0 Å². The molecule has 0 aromatic rings. The fourth-order valence-corrected chi connectivity index (χ4v) is 3.04. The zero-order chi connectivity index (χ0) is 25.5. The second kappa shape index (κ2) is 11.9. The predicted octanol–water partition coefficient (Wildman–Crippen LogP) is -3.83. The van der Waals surface area contributed by atoms with Gasteiger partial charge in [-0.15, -0.1) is 0 Å². The maximum Gasteiger partial charge on any atom is 0.364 e. The monoisotopic (exact) mass is 481 g/mol. The maximum absolute atomic E-state index is 11.8. The minimum Gasteiger partial charge on any atom is -0.477 e. The van der Waals surface area contributed by atoms with Crippen LogP contribution in [0.5, 0.6) is 0 Å². The topological polar surface area (TPSA) is 235 Å². The lowest BCUT2D eigenvalue weighted by Crippen LogP contribution is -2.68. The van der Waals surface area contributed by atoms with Crippen molar-refractivity contribution in [2.75, 3.05) is 13.2 Å². The summed E-state index contributed by atoms with van der Waals surface area (Å²) in [5.41, 5.74) is 0. The lowest BCUT2D eigenvalue weighted by molar-refractivity contribution is -0.297. The Bertz CT molecular complexity index is 754. The van der Waals surface area contributed by atoms with Gasteiger partial charge in [0.25, 0.3) is 5.79 Å². The van der Waals surface area contributed by atoms with E-state index >= 15 is 0 Å². The Hall–Kier alpha value is -2.85. The van der Waals surface area contributed by atoms with Gasteiger partial charge in [0, 0.05) is 20.3 Å². The zero-order valence-corrected chi connectivity index (χ0v) is 18.0. The van der Waals surface area contributed by atoms with E-state index in [4.69, 9.17) is 24.1 Å². The van der Waals surface area contributed by atoms with Crippen molar-refractivity contribution in [2.24, 2.45) is 0 Å². The summed E-state index contributed by atoms with van der Waals surface area (Å²) in [5.74, 6) is -9.12. The van der Waals surface area contributed by atoms with E-state index in [0.29, 0.717) is 0 Å². The van der Waals surface area contributed by atoms with Gasteiger partial charge < -0.3 is 49.8 Å². The van der Waals surface area contributed by atoms with Gasteiger partial charge >= 0.3 is 23.9 Å². The van der Waals surface area contributed by atoms with Crippen molar-refractivity contribution in [3.63, 3.8) is 0 Å². The van der Waals surface area contributed by atoms with Crippen molar-refractivity contribution in [2.45, 2.75) is 69.5 Å². The molecule has 1 aliphatic heterocycles. The van der Waals surface area contributed by atoms with Crippen molar-refractivity contribution in [1.82, 2.24) is 5.32 Å². The number of carboxylic acid groups (broad SMARTS) is 1. The van der Waals surface area contributed by atoms with Crippen LogP contribution in [0.25, 0.3) is 0 Å². The molecule has 15 heteroatoms. The van der Waals surface area contributed by atoms with Crippen LogP contribution in [0.2, 0.25) is 0 Å². The average molecular weight is 481 g/mol. The van der Waals surface area contributed by atoms with Gasteiger partial charge in [0.05, 0.1) is 12.1 Å². The molecule has 0 spiro atoms.